The maximum Gasteiger partial charge on any atom is 0.126 e. The second-order valence-electron chi connectivity index (χ2n) is 5.11. The second kappa shape index (κ2) is 4.99. The molecule has 0 radical (unpaired) electrons. The van der Waals surface area contributed by atoms with E-state index in [1.54, 1.807) is 12.1 Å². The molecule has 1 aliphatic heterocycles. The number of benzene rings is 1. The Hall–Kier alpha value is -0.540. The van der Waals surface area contributed by atoms with Gasteiger partial charge in [-0.15, -0.1) is 0 Å². The Bertz CT molecular complexity index is 384. The van der Waals surface area contributed by atoms with Crippen molar-refractivity contribution in [1.82, 2.24) is 5.32 Å². The Kier molecular flexibility index (Phi) is 3.39. The Morgan fingerprint density at radius 1 is 1.18 bits per heavy atom. The van der Waals surface area contributed by atoms with Crippen LogP contribution in [-0.4, -0.2) is 23.6 Å². The first-order chi connectivity index (χ1) is 8.33. The molecule has 3 rings (SSSR count). The molecule has 0 bridgehead atoms. The van der Waals surface area contributed by atoms with E-state index >= 15 is 0 Å². The molecule has 1 N–H and O–H groups in total. The fourth-order valence-corrected chi connectivity index (χ4v) is 3.98. The number of thioether (sulfide) groups is 1. The third-order valence-corrected chi connectivity index (χ3v) is 5.05. The van der Waals surface area contributed by atoms with Crippen molar-refractivity contribution in [3.63, 3.8) is 0 Å². The molecule has 1 saturated heterocycles. The molecule has 1 heterocycles. The molecule has 1 aromatic carbocycles. The van der Waals surface area contributed by atoms with Crippen molar-refractivity contribution in [2.75, 3.05) is 11.5 Å². The highest BCUT2D eigenvalue weighted by Gasteiger charge is 2.33. The molecular formula is C14H18FNS. The lowest BCUT2D eigenvalue weighted by atomic mass is 9.75. The highest BCUT2D eigenvalue weighted by Crippen LogP contribution is 2.38. The lowest BCUT2D eigenvalue weighted by Crippen LogP contribution is -2.45. The zero-order chi connectivity index (χ0) is 11.7. The molecule has 0 aromatic heterocycles. The molecule has 17 heavy (non-hydrogen) atoms. The summed E-state index contributed by atoms with van der Waals surface area (Å²) >= 11 is 2.04. The molecule has 1 saturated carbocycles. The highest BCUT2D eigenvalue weighted by atomic mass is 32.2. The van der Waals surface area contributed by atoms with Crippen LogP contribution >= 0.6 is 11.8 Å². The molecule has 92 valence electrons. The Morgan fingerprint density at radius 3 is 2.71 bits per heavy atom. The molecule has 1 nitrogen and oxygen atoms in total. The van der Waals surface area contributed by atoms with E-state index in [0.29, 0.717) is 18.0 Å². The third-order valence-electron chi connectivity index (χ3n) is 3.88. The van der Waals surface area contributed by atoms with Gasteiger partial charge in [-0.1, -0.05) is 18.2 Å². The maximum atomic E-state index is 13.6. The van der Waals surface area contributed by atoms with E-state index in [0.717, 1.165) is 18.4 Å². The van der Waals surface area contributed by atoms with E-state index in [1.807, 2.05) is 23.9 Å². The molecule has 1 aliphatic carbocycles. The summed E-state index contributed by atoms with van der Waals surface area (Å²) in [5, 5.41) is 3.69. The van der Waals surface area contributed by atoms with Gasteiger partial charge < -0.3 is 5.32 Å². The predicted octanol–water partition coefficient (Wildman–Crippen LogP) is 3.17. The van der Waals surface area contributed by atoms with Crippen molar-refractivity contribution in [2.24, 2.45) is 0 Å². The molecule has 0 amide bonds. The van der Waals surface area contributed by atoms with Gasteiger partial charge in [0, 0.05) is 17.8 Å². The summed E-state index contributed by atoms with van der Waals surface area (Å²) in [5.74, 6) is 2.94. The first kappa shape index (κ1) is 11.5. The summed E-state index contributed by atoms with van der Waals surface area (Å²) in [6.07, 6.45) is 3.50. The van der Waals surface area contributed by atoms with Gasteiger partial charge in [-0.2, -0.15) is 11.8 Å². The molecule has 1 atom stereocenters. The fraction of sp³-hybridized carbons (Fsp3) is 0.571. The highest BCUT2D eigenvalue weighted by molar-refractivity contribution is 7.99. The molecule has 2 fully saturated rings. The number of hydrogen-bond acceptors (Lipinski definition) is 2. The van der Waals surface area contributed by atoms with Gasteiger partial charge in [0.2, 0.25) is 0 Å². The lowest BCUT2D eigenvalue weighted by molar-refractivity contribution is 0.266. The van der Waals surface area contributed by atoms with E-state index in [-0.39, 0.29) is 5.82 Å². The van der Waals surface area contributed by atoms with E-state index in [1.165, 1.54) is 17.9 Å². The van der Waals surface area contributed by atoms with Crippen molar-refractivity contribution < 1.29 is 4.39 Å². The monoisotopic (exact) mass is 251 g/mol. The van der Waals surface area contributed by atoms with Crippen LogP contribution in [0.15, 0.2) is 24.3 Å². The average molecular weight is 251 g/mol. The lowest BCUT2D eigenvalue weighted by Gasteiger charge is -2.38. The van der Waals surface area contributed by atoms with Crippen LogP contribution in [0.25, 0.3) is 0 Å². The van der Waals surface area contributed by atoms with Crippen LogP contribution in [-0.2, 0) is 0 Å². The van der Waals surface area contributed by atoms with Crippen LogP contribution < -0.4 is 5.32 Å². The normalized spacial score (nSPS) is 32.4. The zero-order valence-corrected chi connectivity index (χ0v) is 10.7. The summed E-state index contributed by atoms with van der Waals surface area (Å²) < 4.78 is 13.6. The minimum absolute atomic E-state index is 0.0348. The maximum absolute atomic E-state index is 13.6. The van der Waals surface area contributed by atoms with Crippen molar-refractivity contribution in [3.8, 4) is 0 Å². The summed E-state index contributed by atoms with van der Waals surface area (Å²) in [7, 11) is 0. The molecule has 1 aromatic rings. The number of halogens is 1. The SMILES string of the molecule is Fc1ccccc1C1CC(NC2CCSC2)C1. The summed E-state index contributed by atoms with van der Waals surface area (Å²) in [5.41, 5.74) is 0.909. The third kappa shape index (κ3) is 2.50. The van der Waals surface area contributed by atoms with Gasteiger partial charge in [-0.3, -0.25) is 0 Å². The van der Waals surface area contributed by atoms with Gasteiger partial charge >= 0.3 is 0 Å². The number of rotatable bonds is 3. The number of nitrogens with one attached hydrogen (secondary N) is 1. The van der Waals surface area contributed by atoms with Gasteiger partial charge in [-0.25, -0.2) is 4.39 Å². The van der Waals surface area contributed by atoms with Crippen LogP contribution in [0, 0.1) is 5.82 Å². The molecular weight excluding hydrogens is 233 g/mol. The molecule has 2 aliphatic rings. The standard InChI is InChI=1S/C14H18FNS/c15-14-4-2-1-3-13(14)10-7-12(8-10)16-11-5-6-17-9-11/h1-4,10-12,16H,5-9H2. The molecule has 3 heteroatoms. The van der Waals surface area contributed by atoms with E-state index < -0.39 is 0 Å². The first-order valence-corrected chi connectivity index (χ1v) is 7.56. The van der Waals surface area contributed by atoms with Crippen LogP contribution in [0.4, 0.5) is 4.39 Å². The van der Waals surface area contributed by atoms with Crippen LogP contribution in [0.3, 0.4) is 0 Å². The van der Waals surface area contributed by atoms with E-state index in [2.05, 4.69) is 5.32 Å². The zero-order valence-electron chi connectivity index (χ0n) is 9.86. The summed E-state index contributed by atoms with van der Waals surface area (Å²) in [6.45, 7) is 0. The molecule has 0 spiro atoms. The summed E-state index contributed by atoms with van der Waals surface area (Å²) in [6, 6.07) is 8.52. The van der Waals surface area contributed by atoms with Gasteiger partial charge in [0.1, 0.15) is 5.82 Å². The van der Waals surface area contributed by atoms with Crippen molar-refractivity contribution in [2.45, 2.75) is 37.3 Å². The van der Waals surface area contributed by atoms with Crippen molar-refractivity contribution in [3.05, 3.63) is 35.6 Å². The molecule has 1 unspecified atom stereocenters. The van der Waals surface area contributed by atoms with Gasteiger partial charge in [0.15, 0.2) is 0 Å². The Balaban J connectivity index is 1.52. The first-order valence-electron chi connectivity index (χ1n) is 6.41. The van der Waals surface area contributed by atoms with E-state index in [9.17, 15) is 4.39 Å². The summed E-state index contributed by atoms with van der Waals surface area (Å²) in [4.78, 5) is 0. The van der Waals surface area contributed by atoms with E-state index in [4.69, 9.17) is 0 Å². The average Bonchev–Trinajstić information content (AvgIpc) is 2.77. The Morgan fingerprint density at radius 2 is 2.00 bits per heavy atom. The predicted molar refractivity (Wildman–Crippen MR) is 71.0 cm³/mol. The fourth-order valence-electron chi connectivity index (χ4n) is 2.81. The minimum Gasteiger partial charge on any atom is -0.310 e. The second-order valence-corrected chi connectivity index (χ2v) is 6.26. The largest absolute Gasteiger partial charge is 0.310 e. The van der Waals surface area contributed by atoms with Crippen molar-refractivity contribution >= 4 is 11.8 Å². The van der Waals surface area contributed by atoms with Crippen LogP contribution in [0.2, 0.25) is 0 Å². The topological polar surface area (TPSA) is 12.0 Å². The van der Waals surface area contributed by atoms with Gasteiger partial charge in [0.05, 0.1) is 0 Å². The quantitative estimate of drug-likeness (QED) is 0.885. The Labute approximate surface area is 106 Å². The number of hydrogen-bond donors (Lipinski definition) is 1. The van der Waals surface area contributed by atoms with Crippen LogP contribution in [0.1, 0.15) is 30.7 Å². The minimum atomic E-state index is -0.0348. The van der Waals surface area contributed by atoms with Crippen molar-refractivity contribution in [1.29, 1.82) is 0 Å². The smallest absolute Gasteiger partial charge is 0.126 e. The van der Waals surface area contributed by atoms with Gasteiger partial charge in [0.25, 0.3) is 0 Å². The van der Waals surface area contributed by atoms with Crippen LogP contribution in [0.5, 0.6) is 0 Å². The van der Waals surface area contributed by atoms with Gasteiger partial charge in [-0.05, 0) is 42.6 Å².